The summed E-state index contributed by atoms with van der Waals surface area (Å²) in [6.45, 7) is 2.27. The topological polar surface area (TPSA) is 63.4 Å². The second-order valence-corrected chi connectivity index (χ2v) is 5.55. The summed E-state index contributed by atoms with van der Waals surface area (Å²) < 4.78 is 0.728. The van der Waals surface area contributed by atoms with Crippen molar-refractivity contribution >= 4 is 33.4 Å². The lowest BCUT2D eigenvalue weighted by Gasteiger charge is -2.22. The van der Waals surface area contributed by atoms with Gasteiger partial charge < -0.3 is 5.73 Å². The highest BCUT2D eigenvalue weighted by Gasteiger charge is 2.22. The minimum Gasteiger partial charge on any atom is -0.361 e. The van der Waals surface area contributed by atoms with Crippen molar-refractivity contribution in [3.05, 3.63) is 64.1 Å². The number of halogens is 1. The van der Waals surface area contributed by atoms with Crippen LogP contribution in [0.1, 0.15) is 11.1 Å². The Labute approximate surface area is 131 Å². The van der Waals surface area contributed by atoms with E-state index in [-0.39, 0.29) is 6.54 Å². The molecule has 2 aromatic carbocycles. The van der Waals surface area contributed by atoms with Crippen molar-refractivity contribution in [1.82, 2.24) is 0 Å². The van der Waals surface area contributed by atoms with Crippen molar-refractivity contribution < 1.29 is 9.59 Å². The normalized spacial score (nSPS) is 10.2. The fourth-order valence-electron chi connectivity index (χ4n) is 1.95. The molecule has 2 N–H and O–H groups in total. The van der Waals surface area contributed by atoms with Gasteiger partial charge in [-0.25, -0.2) is 0 Å². The summed E-state index contributed by atoms with van der Waals surface area (Å²) in [6, 6.07) is 15.0. The van der Waals surface area contributed by atoms with Gasteiger partial charge in [0.15, 0.2) is 0 Å². The van der Waals surface area contributed by atoms with Gasteiger partial charge in [0.2, 0.25) is 0 Å². The van der Waals surface area contributed by atoms with E-state index in [0.717, 1.165) is 15.6 Å². The van der Waals surface area contributed by atoms with Gasteiger partial charge in [-0.2, -0.15) is 0 Å². The lowest BCUT2D eigenvalue weighted by Crippen LogP contribution is -2.40. The summed E-state index contributed by atoms with van der Waals surface area (Å²) in [5, 5.41) is 0. The van der Waals surface area contributed by atoms with Crippen LogP contribution in [0.25, 0.3) is 0 Å². The van der Waals surface area contributed by atoms with Gasteiger partial charge >= 0.3 is 11.8 Å². The van der Waals surface area contributed by atoms with E-state index in [9.17, 15) is 9.59 Å². The van der Waals surface area contributed by atoms with Crippen LogP contribution in [0, 0.1) is 6.92 Å². The first-order valence-electron chi connectivity index (χ1n) is 6.40. The van der Waals surface area contributed by atoms with Gasteiger partial charge in [-0.15, -0.1) is 0 Å². The minimum atomic E-state index is -0.974. The molecule has 0 spiro atoms. The van der Waals surface area contributed by atoms with Gasteiger partial charge in [0.05, 0.1) is 12.2 Å². The summed E-state index contributed by atoms with van der Waals surface area (Å²) in [7, 11) is 0. The molecule has 0 bridgehead atoms. The average molecular weight is 347 g/mol. The molecule has 0 saturated heterocycles. The van der Waals surface area contributed by atoms with E-state index in [0.29, 0.717) is 5.69 Å². The van der Waals surface area contributed by atoms with Crippen LogP contribution in [-0.4, -0.2) is 11.8 Å². The third kappa shape index (κ3) is 3.70. The Morgan fingerprint density at radius 1 is 1.10 bits per heavy atom. The highest BCUT2D eigenvalue weighted by atomic mass is 79.9. The standard InChI is InChI=1S/C16H15BrN2O2/c1-11-6-8-12(9-7-11)10-19(16(21)15(18)20)14-5-3-2-4-13(14)17/h2-9H,10H2,1H3,(H2,18,20). The van der Waals surface area contributed by atoms with Gasteiger partial charge in [-0.05, 0) is 40.5 Å². The Kier molecular flexibility index (Phi) is 4.75. The summed E-state index contributed by atoms with van der Waals surface area (Å²) >= 11 is 3.39. The number of hydrogen-bond acceptors (Lipinski definition) is 2. The highest BCUT2D eigenvalue weighted by molar-refractivity contribution is 9.10. The van der Waals surface area contributed by atoms with E-state index in [1.807, 2.05) is 43.3 Å². The first-order valence-corrected chi connectivity index (χ1v) is 7.19. The fourth-order valence-corrected chi connectivity index (χ4v) is 2.44. The number of primary amides is 1. The molecular weight excluding hydrogens is 332 g/mol. The molecule has 5 heteroatoms. The summed E-state index contributed by atoms with van der Waals surface area (Å²) in [5.41, 5.74) is 7.82. The zero-order valence-electron chi connectivity index (χ0n) is 11.5. The number of hydrogen-bond donors (Lipinski definition) is 1. The average Bonchev–Trinajstić information content (AvgIpc) is 2.47. The number of rotatable bonds is 3. The number of carbonyl (C=O) groups excluding carboxylic acids is 2. The Morgan fingerprint density at radius 2 is 1.71 bits per heavy atom. The van der Waals surface area contributed by atoms with Crippen LogP contribution in [0.5, 0.6) is 0 Å². The molecule has 0 atom stereocenters. The van der Waals surface area contributed by atoms with E-state index in [1.54, 1.807) is 12.1 Å². The number of nitrogens with zero attached hydrogens (tertiary/aromatic N) is 1. The Morgan fingerprint density at radius 3 is 2.29 bits per heavy atom. The van der Waals surface area contributed by atoms with E-state index < -0.39 is 11.8 Å². The Bertz CT molecular complexity index is 668. The van der Waals surface area contributed by atoms with Crippen molar-refractivity contribution in [2.24, 2.45) is 5.73 Å². The molecule has 0 aromatic heterocycles. The molecule has 0 aliphatic rings. The summed E-state index contributed by atoms with van der Waals surface area (Å²) in [5.74, 6) is -1.71. The molecule has 2 amide bonds. The van der Waals surface area contributed by atoms with Crippen LogP contribution in [0.3, 0.4) is 0 Å². The van der Waals surface area contributed by atoms with Gasteiger partial charge in [-0.1, -0.05) is 42.0 Å². The molecule has 2 aromatic rings. The molecule has 2 rings (SSSR count). The van der Waals surface area contributed by atoms with Gasteiger partial charge in [0, 0.05) is 4.47 Å². The van der Waals surface area contributed by atoms with Crippen LogP contribution in [-0.2, 0) is 16.1 Å². The molecule has 21 heavy (non-hydrogen) atoms. The van der Waals surface area contributed by atoms with E-state index in [2.05, 4.69) is 15.9 Å². The zero-order chi connectivity index (χ0) is 15.4. The van der Waals surface area contributed by atoms with Crippen LogP contribution in [0.2, 0.25) is 0 Å². The molecule has 0 fully saturated rings. The molecular formula is C16H15BrN2O2. The van der Waals surface area contributed by atoms with Crippen molar-refractivity contribution in [3.8, 4) is 0 Å². The number of anilines is 1. The SMILES string of the molecule is Cc1ccc(CN(C(=O)C(N)=O)c2ccccc2Br)cc1. The van der Waals surface area contributed by atoms with Crippen molar-refractivity contribution in [3.63, 3.8) is 0 Å². The molecule has 108 valence electrons. The van der Waals surface area contributed by atoms with E-state index in [1.165, 1.54) is 4.90 Å². The summed E-state index contributed by atoms with van der Waals surface area (Å²) in [4.78, 5) is 24.8. The first kappa shape index (κ1) is 15.3. The Balaban J connectivity index is 2.37. The molecule has 0 saturated carbocycles. The van der Waals surface area contributed by atoms with Crippen LogP contribution < -0.4 is 10.6 Å². The molecule has 0 aliphatic heterocycles. The zero-order valence-corrected chi connectivity index (χ0v) is 13.1. The van der Waals surface area contributed by atoms with E-state index in [4.69, 9.17) is 5.73 Å². The van der Waals surface area contributed by atoms with Crippen LogP contribution in [0.4, 0.5) is 5.69 Å². The van der Waals surface area contributed by atoms with Gasteiger partial charge in [0.1, 0.15) is 0 Å². The number of carbonyl (C=O) groups is 2. The molecule has 0 aliphatic carbocycles. The highest BCUT2D eigenvalue weighted by Crippen LogP contribution is 2.27. The fraction of sp³-hybridized carbons (Fsp3) is 0.125. The van der Waals surface area contributed by atoms with Crippen molar-refractivity contribution in [1.29, 1.82) is 0 Å². The van der Waals surface area contributed by atoms with Gasteiger partial charge in [-0.3, -0.25) is 14.5 Å². The third-order valence-corrected chi connectivity index (χ3v) is 3.73. The lowest BCUT2D eigenvalue weighted by atomic mass is 10.1. The lowest BCUT2D eigenvalue weighted by molar-refractivity contribution is -0.135. The predicted octanol–water partition coefficient (Wildman–Crippen LogP) is 2.78. The first-order chi connectivity index (χ1) is 9.99. The second-order valence-electron chi connectivity index (χ2n) is 4.69. The smallest absolute Gasteiger partial charge is 0.316 e. The number of nitrogens with two attached hydrogens (primary N) is 1. The number of benzene rings is 2. The van der Waals surface area contributed by atoms with Crippen LogP contribution >= 0.6 is 15.9 Å². The number of para-hydroxylation sites is 1. The third-order valence-electron chi connectivity index (χ3n) is 3.06. The predicted molar refractivity (Wildman–Crippen MR) is 85.7 cm³/mol. The van der Waals surface area contributed by atoms with E-state index >= 15 is 0 Å². The second kappa shape index (κ2) is 6.54. The maximum absolute atomic E-state index is 12.1. The molecule has 4 nitrogen and oxygen atoms in total. The molecule has 0 heterocycles. The largest absolute Gasteiger partial charge is 0.361 e. The minimum absolute atomic E-state index is 0.282. The Hall–Kier alpha value is -2.14. The maximum Gasteiger partial charge on any atom is 0.316 e. The molecule has 0 unspecified atom stereocenters. The number of aryl methyl sites for hydroxylation is 1. The monoisotopic (exact) mass is 346 g/mol. The quantitative estimate of drug-likeness (QED) is 0.868. The van der Waals surface area contributed by atoms with Crippen LogP contribution in [0.15, 0.2) is 53.0 Å². The summed E-state index contributed by atoms with van der Waals surface area (Å²) in [6.07, 6.45) is 0. The van der Waals surface area contributed by atoms with Crippen molar-refractivity contribution in [2.75, 3.05) is 4.90 Å². The van der Waals surface area contributed by atoms with Crippen molar-refractivity contribution in [2.45, 2.75) is 13.5 Å². The van der Waals surface area contributed by atoms with Gasteiger partial charge in [0.25, 0.3) is 0 Å². The maximum atomic E-state index is 12.1. The number of amides is 2. The molecule has 0 radical (unpaired) electrons.